The lowest BCUT2D eigenvalue weighted by Gasteiger charge is -2.32. The summed E-state index contributed by atoms with van der Waals surface area (Å²) >= 11 is 0. The molecule has 1 saturated carbocycles. The number of anilines is 3. The summed E-state index contributed by atoms with van der Waals surface area (Å²) < 4.78 is 39.1. The molecule has 0 spiro atoms. The van der Waals surface area contributed by atoms with E-state index >= 15 is 0 Å². The lowest BCUT2D eigenvalue weighted by atomic mass is 9.90. The van der Waals surface area contributed by atoms with E-state index in [4.69, 9.17) is 14.6 Å². The minimum Gasteiger partial charge on any atom is -0.494 e. The molecule has 4 N–H and O–H groups in total. The van der Waals surface area contributed by atoms with E-state index in [0.29, 0.717) is 30.2 Å². The number of nitrogens with zero attached hydrogens (tertiary/aromatic N) is 3. The summed E-state index contributed by atoms with van der Waals surface area (Å²) in [5, 5.41) is 32.6. The summed E-state index contributed by atoms with van der Waals surface area (Å²) in [7, 11) is 0. The van der Waals surface area contributed by atoms with E-state index in [-0.39, 0.29) is 0 Å². The highest BCUT2D eigenvalue weighted by Crippen LogP contribution is 2.35. The number of carboxylic acids is 1. The number of hydrogen-bond acceptors (Lipinski definition) is 7. The Morgan fingerprint density at radius 3 is 2.32 bits per heavy atom. The summed E-state index contributed by atoms with van der Waals surface area (Å²) in [5.74, 6) is -0.388. The first kappa shape index (κ1) is 31.5. The second kappa shape index (κ2) is 14.1. The topological polar surface area (TPSA) is 124 Å². The quantitative estimate of drug-likeness (QED) is 0.236. The van der Waals surface area contributed by atoms with Crippen LogP contribution in [0.25, 0.3) is 5.52 Å². The van der Waals surface area contributed by atoms with Crippen LogP contribution in [0.5, 0.6) is 5.75 Å². The smallest absolute Gasteiger partial charge is 0.490 e. The number of aliphatic carboxylic acids is 1. The highest BCUT2D eigenvalue weighted by molar-refractivity contribution is 5.82. The van der Waals surface area contributed by atoms with Crippen LogP contribution in [-0.4, -0.2) is 52.1 Å². The minimum absolute atomic E-state index is 0.353. The molecule has 0 bridgehead atoms. The first-order valence-electron chi connectivity index (χ1n) is 13.6. The zero-order chi connectivity index (χ0) is 30.2. The van der Waals surface area contributed by atoms with Crippen LogP contribution in [-0.2, 0) is 4.79 Å². The molecular weight excluding hydrogens is 537 g/mol. The molecule has 1 fully saturated rings. The largest absolute Gasteiger partial charge is 0.494 e. The maximum atomic E-state index is 10.6. The van der Waals surface area contributed by atoms with Gasteiger partial charge in [0.25, 0.3) is 0 Å². The fourth-order valence-corrected chi connectivity index (χ4v) is 4.69. The Kier molecular flexibility index (Phi) is 10.8. The highest BCUT2D eigenvalue weighted by Gasteiger charge is 2.38. The molecule has 2 aromatic heterocycles. The standard InChI is InChI=1S/C27H36N6O.C2HF3O2/c1-5-34-23-12-10-22(11-13-23)32-27-19(4)26(24(16-28)25-14-15-30-33(25)27)31-21-8-6-20(7-9-21)29-17-18(2)3;3-2(4,5)1(6)7/h10-15,18,20-21,29,31-32H,5-9,17H2,1-4H3;(H,6,7)/t20-,21-;. The molecule has 0 atom stereocenters. The van der Waals surface area contributed by atoms with Crippen molar-refractivity contribution in [2.75, 3.05) is 23.8 Å². The zero-order valence-corrected chi connectivity index (χ0v) is 23.7. The number of hydrogen-bond donors (Lipinski definition) is 4. The molecule has 222 valence electrons. The third kappa shape index (κ3) is 8.50. The van der Waals surface area contributed by atoms with Gasteiger partial charge in [-0.25, -0.2) is 9.31 Å². The molecule has 0 aliphatic heterocycles. The molecule has 0 radical (unpaired) electrons. The van der Waals surface area contributed by atoms with Gasteiger partial charge < -0.3 is 25.8 Å². The van der Waals surface area contributed by atoms with Crippen LogP contribution in [0.1, 0.15) is 57.6 Å². The van der Waals surface area contributed by atoms with Crippen LogP contribution < -0.4 is 20.7 Å². The van der Waals surface area contributed by atoms with Crippen LogP contribution in [0.3, 0.4) is 0 Å². The maximum Gasteiger partial charge on any atom is 0.490 e. The zero-order valence-electron chi connectivity index (χ0n) is 23.7. The molecule has 1 aliphatic carbocycles. The molecule has 0 saturated heterocycles. The number of aromatic nitrogens is 2. The van der Waals surface area contributed by atoms with Crippen molar-refractivity contribution >= 4 is 28.7 Å². The third-order valence-corrected chi connectivity index (χ3v) is 6.76. The van der Waals surface area contributed by atoms with Crippen molar-refractivity contribution in [3.8, 4) is 11.8 Å². The molecule has 41 heavy (non-hydrogen) atoms. The van der Waals surface area contributed by atoms with Gasteiger partial charge in [-0.1, -0.05) is 13.8 Å². The molecule has 2 heterocycles. The number of halogens is 3. The molecular formula is C29H37F3N6O3. The van der Waals surface area contributed by atoms with Gasteiger partial charge in [0.15, 0.2) is 0 Å². The number of nitrogens with one attached hydrogen (secondary N) is 3. The predicted molar refractivity (Wildman–Crippen MR) is 152 cm³/mol. The number of ether oxygens (including phenoxy) is 1. The lowest BCUT2D eigenvalue weighted by Crippen LogP contribution is -2.38. The Labute approximate surface area is 237 Å². The normalized spacial score (nSPS) is 17.0. The number of pyridine rings is 1. The molecule has 1 aromatic carbocycles. The van der Waals surface area contributed by atoms with Gasteiger partial charge in [0.05, 0.1) is 24.0 Å². The van der Waals surface area contributed by atoms with Gasteiger partial charge >= 0.3 is 12.1 Å². The SMILES string of the molecule is CCOc1ccc(Nc2c(C)c(N[C@H]3CC[C@H](NCC(C)C)CC3)c(C#N)c3ccnn23)cc1.O=C(O)C(F)(F)F. The van der Waals surface area contributed by atoms with Gasteiger partial charge in [-0.3, -0.25) is 0 Å². The fraction of sp³-hybridized carbons (Fsp3) is 0.483. The molecule has 4 rings (SSSR count). The Bertz CT molecular complexity index is 1340. The number of fused-ring (bicyclic) bond motifs is 1. The number of nitriles is 1. The Hall–Kier alpha value is -3.98. The van der Waals surface area contributed by atoms with Crippen molar-refractivity contribution in [3.05, 3.63) is 47.7 Å². The van der Waals surface area contributed by atoms with E-state index in [2.05, 4.69) is 47.9 Å². The van der Waals surface area contributed by atoms with Gasteiger partial charge in [0, 0.05) is 23.3 Å². The highest BCUT2D eigenvalue weighted by atomic mass is 19.4. The second-order valence-corrected chi connectivity index (χ2v) is 10.3. The third-order valence-electron chi connectivity index (χ3n) is 6.76. The van der Waals surface area contributed by atoms with Crippen molar-refractivity contribution in [1.82, 2.24) is 14.9 Å². The van der Waals surface area contributed by atoms with E-state index < -0.39 is 12.1 Å². The average molecular weight is 575 g/mol. The van der Waals surface area contributed by atoms with Gasteiger partial charge in [-0.15, -0.1) is 0 Å². The summed E-state index contributed by atoms with van der Waals surface area (Å²) in [4.78, 5) is 8.90. The van der Waals surface area contributed by atoms with Crippen molar-refractivity contribution in [2.45, 2.75) is 71.6 Å². The second-order valence-electron chi connectivity index (χ2n) is 10.3. The number of benzene rings is 1. The molecule has 12 heteroatoms. The molecule has 9 nitrogen and oxygen atoms in total. The fourth-order valence-electron chi connectivity index (χ4n) is 4.69. The van der Waals surface area contributed by atoms with Gasteiger partial charge in [0.2, 0.25) is 0 Å². The molecule has 0 amide bonds. The van der Waals surface area contributed by atoms with E-state index in [9.17, 15) is 18.4 Å². The summed E-state index contributed by atoms with van der Waals surface area (Å²) in [6.45, 7) is 10.2. The minimum atomic E-state index is -5.08. The summed E-state index contributed by atoms with van der Waals surface area (Å²) in [6.07, 6.45) is 1.14. The average Bonchev–Trinajstić information content (AvgIpc) is 3.41. The number of carboxylic acid groups (broad SMARTS) is 1. The van der Waals surface area contributed by atoms with E-state index in [0.717, 1.165) is 66.3 Å². The van der Waals surface area contributed by atoms with Gasteiger partial charge in [0.1, 0.15) is 23.2 Å². The van der Waals surface area contributed by atoms with Crippen LogP contribution >= 0.6 is 0 Å². The number of carbonyl (C=O) groups is 1. The Morgan fingerprint density at radius 1 is 1.17 bits per heavy atom. The first-order chi connectivity index (χ1) is 19.4. The van der Waals surface area contributed by atoms with Crippen molar-refractivity contribution < 1.29 is 27.8 Å². The monoisotopic (exact) mass is 574 g/mol. The Morgan fingerprint density at radius 2 is 1.78 bits per heavy atom. The summed E-state index contributed by atoms with van der Waals surface area (Å²) in [6, 6.07) is 13.2. The van der Waals surface area contributed by atoms with Crippen molar-refractivity contribution in [3.63, 3.8) is 0 Å². The van der Waals surface area contributed by atoms with Crippen LogP contribution in [0, 0.1) is 24.2 Å². The van der Waals surface area contributed by atoms with E-state index in [1.54, 1.807) is 6.20 Å². The van der Waals surface area contributed by atoms with Gasteiger partial charge in [-0.2, -0.15) is 23.5 Å². The van der Waals surface area contributed by atoms with Crippen LogP contribution in [0.4, 0.5) is 30.4 Å². The van der Waals surface area contributed by atoms with Crippen molar-refractivity contribution in [2.24, 2.45) is 5.92 Å². The Balaban J connectivity index is 0.000000587. The van der Waals surface area contributed by atoms with Gasteiger partial charge in [-0.05, 0) is 82.3 Å². The van der Waals surface area contributed by atoms with Crippen molar-refractivity contribution in [1.29, 1.82) is 5.26 Å². The predicted octanol–water partition coefficient (Wildman–Crippen LogP) is 6.26. The maximum absolute atomic E-state index is 10.6. The summed E-state index contributed by atoms with van der Waals surface area (Å²) in [5.41, 5.74) is 4.28. The van der Waals surface area contributed by atoms with Crippen LogP contribution in [0.15, 0.2) is 36.5 Å². The lowest BCUT2D eigenvalue weighted by molar-refractivity contribution is -0.192. The number of rotatable bonds is 9. The van der Waals surface area contributed by atoms with E-state index in [1.807, 2.05) is 41.8 Å². The molecule has 1 aliphatic rings. The number of alkyl halides is 3. The first-order valence-corrected chi connectivity index (χ1v) is 13.6. The molecule has 3 aromatic rings. The van der Waals surface area contributed by atoms with E-state index in [1.165, 1.54) is 0 Å². The van der Waals surface area contributed by atoms with Crippen LogP contribution in [0.2, 0.25) is 0 Å². The molecule has 0 unspecified atom stereocenters.